The molecule has 1 aliphatic heterocycles. The van der Waals surface area contributed by atoms with Gasteiger partial charge in [-0.05, 0) is 74.6 Å². The lowest BCUT2D eigenvalue weighted by atomic mass is 9.78. The van der Waals surface area contributed by atoms with E-state index in [4.69, 9.17) is 4.98 Å². The highest BCUT2D eigenvalue weighted by atomic mass is 32.2. The van der Waals surface area contributed by atoms with Crippen LogP contribution in [-0.4, -0.2) is 29.6 Å². The highest BCUT2D eigenvalue weighted by molar-refractivity contribution is 7.99. The summed E-state index contributed by atoms with van der Waals surface area (Å²) in [6.45, 7) is 0. The number of thioether (sulfide) groups is 1. The summed E-state index contributed by atoms with van der Waals surface area (Å²) in [7, 11) is 2.14. The smallest absolute Gasteiger partial charge is 0.0481 e. The maximum Gasteiger partial charge on any atom is 0.0481 e. The average molecular weight is 290 g/mol. The highest BCUT2D eigenvalue weighted by Crippen LogP contribution is 2.36. The Morgan fingerprint density at radius 1 is 1.35 bits per heavy atom. The summed E-state index contributed by atoms with van der Waals surface area (Å²) in [5.41, 5.74) is 2.87. The first-order chi connectivity index (χ1) is 9.88. The number of aromatic nitrogens is 1. The molecule has 0 aromatic carbocycles. The first-order valence-electron chi connectivity index (χ1n) is 8.07. The molecule has 2 heterocycles. The number of hydrogen-bond donors (Lipinski definition) is 1. The zero-order chi connectivity index (χ0) is 13.8. The molecule has 1 N–H and O–H groups in total. The van der Waals surface area contributed by atoms with E-state index in [-0.39, 0.29) is 0 Å². The lowest BCUT2D eigenvalue weighted by molar-refractivity contribution is 0.318. The minimum Gasteiger partial charge on any atom is -0.316 e. The van der Waals surface area contributed by atoms with Gasteiger partial charge < -0.3 is 5.32 Å². The molecule has 3 heteroatoms. The fourth-order valence-corrected chi connectivity index (χ4v) is 5.07. The van der Waals surface area contributed by atoms with Crippen LogP contribution in [0, 0.1) is 5.92 Å². The Balaban J connectivity index is 1.72. The molecule has 2 unspecified atom stereocenters. The number of nitrogens with one attached hydrogen (secondary N) is 1. The fraction of sp³-hybridized carbons (Fsp3) is 0.706. The zero-order valence-corrected chi connectivity index (χ0v) is 13.3. The highest BCUT2D eigenvalue weighted by Gasteiger charge is 2.30. The van der Waals surface area contributed by atoms with Crippen LogP contribution >= 0.6 is 11.8 Å². The first-order valence-corrected chi connectivity index (χ1v) is 9.22. The topological polar surface area (TPSA) is 24.9 Å². The third kappa shape index (κ3) is 3.20. The molecular weight excluding hydrogens is 264 g/mol. The monoisotopic (exact) mass is 290 g/mol. The summed E-state index contributed by atoms with van der Waals surface area (Å²) in [5.74, 6) is 4.27. The summed E-state index contributed by atoms with van der Waals surface area (Å²) >= 11 is 2.12. The SMILES string of the molecule is CNC(CC1CCSCC1)C1CCCc2cccnc21. The molecule has 3 rings (SSSR count). The number of rotatable bonds is 4. The van der Waals surface area contributed by atoms with Crippen molar-refractivity contribution in [1.82, 2.24) is 10.3 Å². The van der Waals surface area contributed by atoms with E-state index in [2.05, 4.69) is 36.3 Å². The molecule has 1 fully saturated rings. The minimum absolute atomic E-state index is 0.608. The van der Waals surface area contributed by atoms with Gasteiger partial charge in [0, 0.05) is 23.9 Å². The van der Waals surface area contributed by atoms with Crippen molar-refractivity contribution in [3.63, 3.8) is 0 Å². The van der Waals surface area contributed by atoms with Gasteiger partial charge in [0.05, 0.1) is 0 Å². The number of pyridine rings is 1. The average Bonchev–Trinajstić information content (AvgIpc) is 2.53. The fourth-order valence-electron chi connectivity index (χ4n) is 3.86. The Morgan fingerprint density at radius 3 is 3.00 bits per heavy atom. The Bertz CT molecular complexity index is 429. The summed E-state index contributed by atoms with van der Waals surface area (Å²) in [4.78, 5) is 4.72. The minimum atomic E-state index is 0.608. The molecule has 0 saturated carbocycles. The van der Waals surface area contributed by atoms with Crippen LogP contribution in [0.15, 0.2) is 18.3 Å². The van der Waals surface area contributed by atoms with E-state index in [0.29, 0.717) is 12.0 Å². The molecular formula is C17H26N2S. The molecule has 2 aliphatic rings. The molecule has 1 aliphatic carbocycles. The van der Waals surface area contributed by atoms with E-state index >= 15 is 0 Å². The lowest BCUT2D eigenvalue weighted by Gasteiger charge is -2.34. The Labute approximate surface area is 127 Å². The number of nitrogens with zero attached hydrogens (tertiary/aromatic N) is 1. The largest absolute Gasteiger partial charge is 0.316 e. The molecule has 0 radical (unpaired) electrons. The maximum absolute atomic E-state index is 4.72. The molecule has 2 nitrogen and oxygen atoms in total. The molecule has 1 aromatic rings. The van der Waals surface area contributed by atoms with Crippen LogP contribution in [0.3, 0.4) is 0 Å². The Hall–Kier alpha value is -0.540. The molecule has 1 aromatic heterocycles. The molecule has 1 saturated heterocycles. The standard InChI is InChI=1S/C17H26N2S/c1-18-16(12-13-7-10-20-11-8-13)15-6-2-4-14-5-3-9-19-17(14)15/h3,5,9,13,15-16,18H,2,4,6-8,10-12H2,1H3. The molecule has 0 spiro atoms. The second kappa shape index (κ2) is 6.95. The van der Waals surface area contributed by atoms with Crippen LogP contribution in [-0.2, 0) is 6.42 Å². The second-order valence-corrected chi connectivity index (χ2v) is 7.46. The van der Waals surface area contributed by atoms with E-state index in [1.807, 2.05) is 6.20 Å². The van der Waals surface area contributed by atoms with Crippen molar-refractivity contribution in [3.8, 4) is 0 Å². The summed E-state index contributed by atoms with van der Waals surface area (Å²) in [5, 5.41) is 3.61. The number of likely N-dealkylation sites (N-methyl/N-ethyl adjacent to an activating group) is 1. The van der Waals surface area contributed by atoms with Crippen LogP contribution < -0.4 is 5.32 Å². The third-order valence-electron chi connectivity index (χ3n) is 5.02. The zero-order valence-electron chi connectivity index (χ0n) is 12.5. The van der Waals surface area contributed by atoms with E-state index in [9.17, 15) is 0 Å². The quantitative estimate of drug-likeness (QED) is 0.916. The number of hydrogen-bond acceptors (Lipinski definition) is 3. The van der Waals surface area contributed by atoms with Crippen molar-refractivity contribution in [2.75, 3.05) is 18.6 Å². The van der Waals surface area contributed by atoms with Crippen LogP contribution in [0.2, 0.25) is 0 Å². The van der Waals surface area contributed by atoms with Gasteiger partial charge >= 0.3 is 0 Å². The van der Waals surface area contributed by atoms with Gasteiger partial charge in [-0.15, -0.1) is 0 Å². The Morgan fingerprint density at radius 2 is 2.20 bits per heavy atom. The Kier molecular flexibility index (Phi) is 5.00. The van der Waals surface area contributed by atoms with Gasteiger partial charge in [0.15, 0.2) is 0 Å². The van der Waals surface area contributed by atoms with Gasteiger partial charge in [-0.1, -0.05) is 6.07 Å². The predicted molar refractivity (Wildman–Crippen MR) is 87.4 cm³/mol. The molecule has 110 valence electrons. The number of aryl methyl sites for hydroxylation is 1. The van der Waals surface area contributed by atoms with E-state index in [1.165, 1.54) is 61.3 Å². The van der Waals surface area contributed by atoms with E-state index in [0.717, 1.165) is 5.92 Å². The van der Waals surface area contributed by atoms with Crippen molar-refractivity contribution >= 4 is 11.8 Å². The molecule has 0 bridgehead atoms. The van der Waals surface area contributed by atoms with Crippen LogP contribution in [0.1, 0.15) is 49.3 Å². The second-order valence-electron chi connectivity index (χ2n) is 6.23. The van der Waals surface area contributed by atoms with Gasteiger partial charge in [-0.3, -0.25) is 4.98 Å². The summed E-state index contributed by atoms with van der Waals surface area (Å²) in [6, 6.07) is 4.98. The summed E-state index contributed by atoms with van der Waals surface area (Å²) < 4.78 is 0. The van der Waals surface area contributed by atoms with Gasteiger partial charge in [0.2, 0.25) is 0 Å². The third-order valence-corrected chi connectivity index (χ3v) is 6.07. The van der Waals surface area contributed by atoms with Gasteiger partial charge in [-0.2, -0.15) is 11.8 Å². The van der Waals surface area contributed by atoms with Gasteiger partial charge in [-0.25, -0.2) is 0 Å². The van der Waals surface area contributed by atoms with Crippen molar-refractivity contribution in [1.29, 1.82) is 0 Å². The van der Waals surface area contributed by atoms with Crippen LogP contribution in [0.25, 0.3) is 0 Å². The van der Waals surface area contributed by atoms with Gasteiger partial charge in [0.1, 0.15) is 0 Å². The van der Waals surface area contributed by atoms with Crippen LogP contribution in [0.5, 0.6) is 0 Å². The maximum atomic E-state index is 4.72. The molecule has 20 heavy (non-hydrogen) atoms. The molecule has 0 amide bonds. The molecule has 2 atom stereocenters. The van der Waals surface area contributed by atoms with Crippen molar-refractivity contribution < 1.29 is 0 Å². The predicted octanol–water partition coefficient (Wildman–Crippen LogP) is 3.62. The van der Waals surface area contributed by atoms with Crippen molar-refractivity contribution in [2.45, 2.75) is 50.5 Å². The van der Waals surface area contributed by atoms with E-state index < -0.39 is 0 Å². The summed E-state index contributed by atoms with van der Waals surface area (Å²) in [6.07, 6.45) is 9.96. The van der Waals surface area contributed by atoms with E-state index in [1.54, 1.807) is 0 Å². The lowest BCUT2D eigenvalue weighted by Crippen LogP contribution is -2.37. The number of fused-ring (bicyclic) bond motifs is 1. The van der Waals surface area contributed by atoms with Crippen molar-refractivity contribution in [3.05, 3.63) is 29.6 Å². The van der Waals surface area contributed by atoms with Gasteiger partial charge in [0.25, 0.3) is 0 Å². The first kappa shape index (κ1) is 14.4. The van der Waals surface area contributed by atoms with Crippen molar-refractivity contribution in [2.24, 2.45) is 5.92 Å². The normalized spacial score (nSPS) is 25.1. The van der Waals surface area contributed by atoms with Crippen LogP contribution in [0.4, 0.5) is 0 Å².